The first-order valence-electron chi connectivity index (χ1n) is 10.4. The molecule has 1 unspecified atom stereocenters. The van der Waals surface area contributed by atoms with Crippen LogP contribution in [0.5, 0.6) is 0 Å². The second-order valence-corrected chi connectivity index (χ2v) is 9.74. The fraction of sp³-hybridized carbons (Fsp3) is 0.524. The van der Waals surface area contributed by atoms with E-state index in [-0.39, 0.29) is 22.4 Å². The first kappa shape index (κ1) is 22.5. The van der Waals surface area contributed by atoms with E-state index in [1.165, 1.54) is 41.4 Å². The van der Waals surface area contributed by atoms with Crippen molar-refractivity contribution in [1.82, 2.24) is 19.5 Å². The fourth-order valence-corrected chi connectivity index (χ4v) is 5.10. The smallest absolute Gasteiger partial charge is 0.252 e. The maximum absolute atomic E-state index is 12.9. The third kappa shape index (κ3) is 4.58. The summed E-state index contributed by atoms with van der Waals surface area (Å²) >= 11 is 0. The molecule has 1 aromatic heterocycles. The summed E-state index contributed by atoms with van der Waals surface area (Å²) in [5, 5.41) is 3.30. The summed E-state index contributed by atoms with van der Waals surface area (Å²) in [6.45, 7) is 6.74. The van der Waals surface area contributed by atoms with Crippen molar-refractivity contribution in [2.75, 3.05) is 26.7 Å². The van der Waals surface area contributed by atoms with Gasteiger partial charge in [-0.05, 0) is 45.0 Å². The average Bonchev–Trinajstić information content (AvgIpc) is 3.56. The van der Waals surface area contributed by atoms with E-state index in [9.17, 15) is 18.0 Å². The van der Waals surface area contributed by atoms with E-state index in [1.54, 1.807) is 13.8 Å². The molecule has 1 aliphatic rings. The van der Waals surface area contributed by atoms with Crippen LogP contribution in [0, 0.1) is 0 Å². The molecule has 8 nitrogen and oxygen atoms in total. The lowest BCUT2D eigenvalue weighted by Crippen LogP contribution is -2.41. The number of fused-ring (bicyclic) bond motifs is 1. The zero-order valence-corrected chi connectivity index (χ0v) is 18.8. The van der Waals surface area contributed by atoms with E-state index in [0.29, 0.717) is 36.6 Å². The number of carbonyl (C=O) groups is 1. The first-order chi connectivity index (χ1) is 14.2. The topological polar surface area (TPSA) is 103 Å². The Balaban J connectivity index is 1.93. The summed E-state index contributed by atoms with van der Waals surface area (Å²) in [5.74, 6) is -0.389. The molecule has 3 rings (SSSR count). The van der Waals surface area contributed by atoms with Gasteiger partial charge in [-0.2, -0.15) is 4.31 Å². The highest BCUT2D eigenvalue weighted by molar-refractivity contribution is 7.89. The number of pyridine rings is 1. The number of aromatic nitrogens is 1. The van der Waals surface area contributed by atoms with E-state index in [0.717, 1.165) is 0 Å². The molecule has 0 spiro atoms. The number of hydrogen-bond donors (Lipinski definition) is 2. The molecule has 30 heavy (non-hydrogen) atoms. The lowest BCUT2D eigenvalue weighted by molar-refractivity contribution is 0.0941. The number of H-pyrrole nitrogens is 1. The number of nitrogens with one attached hydrogen (secondary N) is 2. The van der Waals surface area contributed by atoms with Crippen LogP contribution in [0.15, 0.2) is 34.0 Å². The first-order valence-corrected chi connectivity index (χ1v) is 11.8. The highest BCUT2D eigenvalue weighted by atomic mass is 32.2. The van der Waals surface area contributed by atoms with Crippen LogP contribution in [0.2, 0.25) is 0 Å². The van der Waals surface area contributed by atoms with Crippen molar-refractivity contribution >= 4 is 26.8 Å². The predicted octanol–water partition coefficient (Wildman–Crippen LogP) is 1.77. The van der Waals surface area contributed by atoms with Gasteiger partial charge in [0.25, 0.3) is 5.91 Å². The van der Waals surface area contributed by atoms with Crippen LogP contribution in [-0.4, -0.2) is 67.3 Å². The molecule has 1 saturated carbocycles. The van der Waals surface area contributed by atoms with Gasteiger partial charge in [-0.3, -0.25) is 14.5 Å². The minimum absolute atomic E-state index is 0.0987. The Morgan fingerprint density at radius 2 is 1.90 bits per heavy atom. The molecule has 1 fully saturated rings. The number of hydrogen-bond acceptors (Lipinski definition) is 5. The van der Waals surface area contributed by atoms with Gasteiger partial charge in [0.2, 0.25) is 15.6 Å². The maximum Gasteiger partial charge on any atom is 0.252 e. The highest BCUT2D eigenvalue weighted by Crippen LogP contribution is 2.27. The molecule has 0 radical (unpaired) electrons. The van der Waals surface area contributed by atoms with Crippen molar-refractivity contribution in [2.24, 2.45) is 0 Å². The van der Waals surface area contributed by atoms with Gasteiger partial charge in [0.15, 0.2) is 0 Å². The minimum Gasteiger partial charge on any atom is -0.350 e. The van der Waals surface area contributed by atoms with E-state index in [1.807, 2.05) is 14.0 Å². The number of carbonyl (C=O) groups excluding carboxylic acids is 1. The molecule has 2 aromatic rings. The van der Waals surface area contributed by atoms with Gasteiger partial charge in [-0.1, -0.05) is 13.8 Å². The van der Waals surface area contributed by atoms with Crippen LogP contribution in [0.1, 0.15) is 44.0 Å². The van der Waals surface area contributed by atoms with E-state index in [4.69, 9.17) is 0 Å². The van der Waals surface area contributed by atoms with Gasteiger partial charge in [-0.25, -0.2) is 8.42 Å². The maximum atomic E-state index is 12.9. The largest absolute Gasteiger partial charge is 0.350 e. The SMILES string of the molecule is CCN(CC)S(=O)(=O)c1ccc2[nH]c(=O)cc(C(=O)NCC(C)N(C)C3CC3)c2c1. The molecule has 0 aliphatic heterocycles. The van der Waals surface area contributed by atoms with Crippen molar-refractivity contribution in [1.29, 1.82) is 0 Å². The number of rotatable bonds is 9. The quantitative estimate of drug-likeness (QED) is 0.626. The Labute approximate surface area is 177 Å². The van der Waals surface area contributed by atoms with Gasteiger partial charge in [-0.15, -0.1) is 0 Å². The van der Waals surface area contributed by atoms with Gasteiger partial charge < -0.3 is 10.3 Å². The molecule has 1 heterocycles. The van der Waals surface area contributed by atoms with Crippen molar-refractivity contribution in [2.45, 2.75) is 50.6 Å². The fourth-order valence-electron chi connectivity index (χ4n) is 3.62. The Hall–Kier alpha value is -2.23. The number of nitrogens with zero attached hydrogens (tertiary/aromatic N) is 2. The van der Waals surface area contributed by atoms with Crippen LogP contribution in [0.3, 0.4) is 0 Å². The van der Waals surface area contributed by atoms with Crippen molar-refractivity contribution < 1.29 is 13.2 Å². The molecule has 0 saturated heterocycles. The average molecular weight is 435 g/mol. The Bertz CT molecular complexity index is 1090. The summed E-state index contributed by atoms with van der Waals surface area (Å²) in [7, 11) is -1.64. The third-order valence-electron chi connectivity index (χ3n) is 5.78. The zero-order valence-electron chi connectivity index (χ0n) is 17.9. The second-order valence-electron chi connectivity index (χ2n) is 7.80. The minimum atomic E-state index is -3.68. The van der Waals surface area contributed by atoms with Gasteiger partial charge in [0.1, 0.15) is 0 Å². The summed E-state index contributed by atoms with van der Waals surface area (Å²) in [6.07, 6.45) is 2.36. The monoisotopic (exact) mass is 434 g/mol. The molecular formula is C21H30N4O4S. The lowest BCUT2D eigenvalue weighted by Gasteiger charge is -2.24. The molecule has 1 aromatic carbocycles. The summed E-state index contributed by atoms with van der Waals surface area (Å²) in [6, 6.07) is 6.42. The summed E-state index contributed by atoms with van der Waals surface area (Å²) in [5.41, 5.74) is 0.191. The van der Waals surface area contributed by atoms with Crippen LogP contribution in [0.4, 0.5) is 0 Å². The lowest BCUT2D eigenvalue weighted by atomic mass is 10.1. The third-order valence-corrected chi connectivity index (χ3v) is 7.82. The predicted molar refractivity (Wildman–Crippen MR) is 117 cm³/mol. The van der Waals surface area contributed by atoms with Crippen LogP contribution < -0.4 is 10.9 Å². The molecular weight excluding hydrogens is 404 g/mol. The van der Waals surface area contributed by atoms with E-state index >= 15 is 0 Å². The number of sulfonamides is 1. The standard InChI is InChI=1S/C21H30N4O4S/c1-5-25(6-2)30(28,29)16-9-10-19-17(11-16)18(12-20(26)23-19)21(27)22-13-14(3)24(4)15-7-8-15/h9-12,14-15H,5-8,13H2,1-4H3,(H,22,27)(H,23,26). The second kappa shape index (κ2) is 8.87. The van der Waals surface area contributed by atoms with Crippen molar-refractivity contribution in [3.8, 4) is 0 Å². The number of aromatic amines is 1. The Kier molecular flexibility index (Phi) is 6.64. The number of amides is 1. The van der Waals surface area contributed by atoms with Gasteiger partial charge in [0.05, 0.1) is 10.5 Å². The molecule has 9 heteroatoms. The molecule has 2 N–H and O–H groups in total. The summed E-state index contributed by atoms with van der Waals surface area (Å²) in [4.78, 5) is 30.0. The zero-order chi connectivity index (χ0) is 22.1. The van der Waals surface area contributed by atoms with Crippen LogP contribution in [0.25, 0.3) is 10.9 Å². The number of benzene rings is 1. The Morgan fingerprint density at radius 3 is 2.50 bits per heavy atom. The van der Waals surface area contributed by atoms with Gasteiger partial charge >= 0.3 is 0 Å². The Morgan fingerprint density at radius 1 is 1.23 bits per heavy atom. The normalized spacial score (nSPS) is 15.7. The van der Waals surface area contributed by atoms with Gasteiger partial charge in [0, 0.05) is 48.7 Å². The number of likely N-dealkylation sites (N-methyl/N-ethyl adjacent to an activating group) is 1. The summed E-state index contributed by atoms with van der Waals surface area (Å²) < 4.78 is 27.1. The highest BCUT2D eigenvalue weighted by Gasteiger charge is 2.29. The molecule has 164 valence electrons. The molecule has 0 bridgehead atoms. The van der Waals surface area contributed by atoms with E-state index in [2.05, 4.69) is 15.2 Å². The van der Waals surface area contributed by atoms with Crippen LogP contribution in [-0.2, 0) is 10.0 Å². The molecule has 1 amide bonds. The molecule has 1 atom stereocenters. The van der Waals surface area contributed by atoms with E-state index < -0.39 is 15.6 Å². The van der Waals surface area contributed by atoms with Crippen LogP contribution >= 0.6 is 0 Å². The van der Waals surface area contributed by atoms with Crippen molar-refractivity contribution in [3.63, 3.8) is 0 Å². The van der Waals surface area contributed by atoms with Crippen molar-refractivity contribution in [3.05, 3.63) is 40.2 Å². The molecule has 1 aliphatic carbocycles.